The fourth-order valence-electron chi connectivity index (χ4n) is 2.86. The van der Waals surface area contributed by atoms with Gasteiger partial charge in [0.1, 0.15) is 12.4 Å². The van der Waals surface area contributed by atoms with E-state index in [1.54, 1.807) is 30.2 Å². The lowest BCUT2D eigenvalue weighted by Crippen LogP contribution is -2.46. The van der Waals surface area contributed by atoms with Crippen LogP contribution in [0.15, 0.2) is 24.3 Å². The van der Waals surface area contributed by atoms with E-state index in [9.17, 15) is 9.59 Å². The molecule has 1 heterocycles. The lowest BCUT2D eigenvalue weighted by Gasteiger charge is -2.32. The second-order valence-corrected chi connectivity index (χ2v) is 6.04. The number of methoxy groups -OCH3 is 1. The number of benzene rings is 1. The summed E-state index contributed by atoms with van der Waals surface area (Å²) in [5.74, 6) is 0.357. The molecule has 1 fully saturated rings. The number of nitrogens with two attached hydrogens (primary N) is 1. The van der Waals surface area contributed by atoms with Crippen molar-refractivity contribution in [3.63, 3.8) is 0 Å². The molecule has 0 aromatic heterocycles. The number of carbonyl (C=O) groups excluding carboxylic acids is 2. The highest BCUT2D eigenvalue weighted by molar-refractivity contribution is 5.95. The zero-order valence-electron chi connectivity index (χ0n) is 14.7. The molecule has 1 aliphatic heterocycles. The molecule has 0 spiro atoms. The van der Waals surface area contributed by atoms with E-state index < -0.39 is 0 Å². The number of nitrogens with one attached hydrogen (secondary N) is 1. The van der Waals surface area contributed by atoms with Crippen LogP contribution in [0.2, 0.25) is 0 Å². The lowest BCUT2D eigenvalue weighted by molar-refractivity contribution is -0.126. The Balaban J connectivity index is 1.97. The van der Waals surface area contributed by atoms with Crippen molar-refractivity contribution in [1.82, 2.24) is 10.2 Å². The smallest absolute Gasteiger partial charge is 0.254 e. The number of ether oxygens (including phenoxy) is 2. The van der Waals surface area contributed by atoms with Crippen molar-refractivity contribution >= 4 is 11.8 Å². The van der Waals surface area contributed by atoms with Gasteiger partial charge in [-0.3, -0.25) is 9.59 Å². The molecule has 1 aromatic rings. The molecule has 0 aliphatic carbocycles. The van der Waals surface area contributed by atoms with Crippen LogP contribution in [0.3, 0.4) is 0 Å². The van der Waals surface area contributed by atoms with Crippen LogP contribution < -0.4 is 15.8 Å². The molecule has 0 bridgehead atoms. The Kier molecular flexibility index (Phi) is 7.69. The number of likely N-dealkylation sites (tertiary alicyclic amines) is 1. The summed E-state index contributed by atoms with van der Waals surface area (Å²) in [5, 5.41) is 2.81. The molecule has 7 heteroatoms. The molecule has 2 amide bonds. The molecule has 2 rings (SSSR count). The topological polar surface area (TPSA) is 93.9 Å². The molecule has 1 unspecified atom stereocenters. The van der Waals surface area contributed by atoms with E-state index in [2.05, 4.69) is 5.32 Å². The molecule has 7 nitrogen and oxygen atoms in total. The van der Waals surface area contributed by atoms with Gasteiger partial charge in [0, 0.05) is 38.9 Å². The Morgan fingerprint density at radius 1 is 1.36 bits per heavy atom. The fourth-order valence-corrected chi connectivity index (χ4v) is 2.86. The molecule has 0 saturated carbocycles. The van der Waals surface area contributed by atoms with Gasteiger partial charge in [0.25, 0.3) is 5.91 Å². The highest BCUT2D eigenvalue weighted by Gasteiger charge is 2.28. The van der Waals surface area contributed by atoms with Crippen molar-refractivity contribution < 1.29 is 19.1 Å². The van der Waals surface area contributed by atoms with Gasteiger partial charge in [0.05, 0.1) is 12.5 Å². The minimum Gasteiger partial charge on any atom is -0.491 e. The molecule has 0 radical (unpaired) electrons. The predicted molar refractivity (Wildman–Crippen MR) is 94.5 cm³/mol. The Labute approximate surface area is 148 Å². The Morgan fingerprint density at radius 2 is 2.20 bits per heavy atom. The minimum atomic E-state index is -0.176. The van der Waals surface area contributed by atoms with Gasteiger partial charge in [-0.1, -0.05) is 6.07 Å². The largest absolute Gasteiger partial charge is 0.491 e. The molecular formula is C18H27N3O4. The molecule has 25 heavy (non-hydrogen) atoms. The van der Waals surface area contributed by atoms with E-state index in [4.69, 9.17) is 15.2 Å². The summed E-state index contributed by atoms with van der Waals surface area (Å²) in [6.07, 6.45) is 1.61. The van der Waals surface area contributed by atoms with Crippen molar-refractivity contribution in [3.05, 3.63) is 29.8 Å². The highest BCUT2D eigenvalue weighted by Crippen LogP contribution is 2.21. The fraction of sp³-hybridized carbons (Fsp3) is 0.556. The summed E-state index contributed by atoms with van der Waals surface area (Å²) in [6.45, 7) is 2.89. The zero-order valence-corrected chi connectivity index (χ0v) is 14.7. The second-order valence-electron chi connectivity index (χ2n) is 6.04. The number of rotatable bonds is 8. The van der Waals surface area contributed by atoms with Gasteiger partial charge in [0.2, 0.25) is 5.91 Å². The van der Waals surface area contributed by atoms with Crippen molar-refractivity contribution in [1.29, 1.82) is 0 Å². The van der Waals surface area contributed by atoms with E-state index in [1.165, 1.54) is 0 Å². The van der Waals surface area contributed by atoms with Crippen molar-refractivity contribution in [2.75, 3.05) is 46.5 Å². The van der Waals surface area contributed by atoms with Crippen LogP contribution in [0.4, 0.5) is 0 Å². The van der Waals surface area contributed by atoms with Gasteiger partial charge in [-0.15, -0.1) is 0 Å². The van der Waals surface area contributed by atoms with E-state index >= 15 is 0 Å². The van der Waals surface area contributed by atoms with E-state index in [0.717, 1.165) is 12.8 Å². The van der Waals surface area contributed by atoms with Crippen LogP contribution in [-0.2, 0) is 9.53 Å². The first-order valence-electron chi connectivity index (χ1n) is 8.64. The van der Waals surface area contributed by atoms with E-state index in [-0.39, 0.29) is 17.7 Å². The normalized spacial score (nSPS) is 17.2. The molecule has 1 aliphatic rings. The molecule has 3 N–H and O–H groups in total. The Bertz CT molecular complexity index is 579. The highest BCUT2D eigenvalue weighted by atomic mass is 16.5. The van der Waals surface area contributed by atoms with Crippen LogP contribution in [0.5, 0.6) is 5.75 Å². The number of hydrogen-bond acceptors (Lipinski definition) is 5. The average Bonchev–Trinajstić information content (AvgIpc) is 2.66. The summed E-state index contributed by atoms with van der Waals surface area (Å²) in [5.41, 5.74) is 5.98. The van der Waals surface area contributed by atoms with Gasteiger partial charge in [0.15, 0.2) is 0 Å². The van der Waals surface area contributed by atoms with Crippen molar-refractivity contribution in [2.24, 2.45) is 11.7 Å². The van der Waals surface area contributed by atoms with Crippen molar-refractivity contribution in [3.8, 4) is 5.75 Å². The molecular weight excluding hydrogens is 322 g/mol. The molecule has 138 valence electrons. The summed E-state index contributed by atoms with van der Waals surface area (Å²) < 4.78 is 10.5. The van der Waals surface area contributed by atoms with Crippen molar-refractivity contribution in [2.45, 2.75) is 12.8 Å². The van der Waals surface area contributed by atoms with Gasteiger partial charge in [-0.2, -0.15) is 0 Å². The lowest BCUT2D eigenvalue weighted by atomic mass is 9.96. The van der Waals surface area contributed by atoms with Gasteiger partial charge >= 0.3 is 0 Å². The predicted octanol–water partition coefficient (Wildman–Crippen LogP) is 0.639. The maximum absolute atomic E-state index is 12.8. The number of piperidine rings is 1. The quantitative estimate of drug-likeness (QED) is 0.672. The summed E-state index contributed by atoms with van der Waals surface area (Å²) in [4.78, 5) is 26.6. The van der Waals surface area contributed by atoms with E-state index in [1.807, 2.05) is 6.07 Å². The average molecular weight is 349 g/mol. The monoisotopic (exact) mass is 349 g/mol. The van der Waals surface area contributed by atoms with Crippen LogP contribution in [0, 0.1) is 5.92 Å². The van der Waals surface area contributed by atoms with Gasteiger partial charge in [-0.05, 0) is 31.0 Å². The Morgan fingerprint density at radius 3 is 2.96 bits per heavy atom. The maximum Gasteiger partial charge on any atom is 0.254 e. The molecule has 1 aromatic carbocycles. The first kappa shape index (κ1) is 19.2. The summed E-state index contributed by atoms with van der Waals surface area (Å²) >= 11 is 0. The third-order valence-corrected chi connectivity index (χ3v) is 4.16. The number of amides is 2. The SMILES string of the molecule is COCCOc1cccc(C(=O)N2CCCC(C(=O)NCCN)C2)c1. The number of carbonyl (C=O) groups is 2. The molecule has 1 atom stereocenters. The minimum absolute atomic E-state index is 0.0281. The van der Waals surface area contributed by atoms with Crippen LogP contribution in [0.25, 0.3) is 0 Å². The summed E-state index contributed by atoms with van der Waals surface area (Å²) in [6, 6.07) is 7.11. The van der Waals surface area contributed by atoms with E-state index in [0.29, 0.717) is 50.7 Å². The van der Waals surface area contributed by atoms with Gasteiger partial charge < -0.3 is 25.4 Å². The maximum atomic E-state index is 12.8. The Hall–Kier alpha value is -2.12. The van der Waals surface area contributed by atoms with Crippen LogP contribution in [0.1, 0.15) is 23.2 Å². The third kappa shape index (κ3) is 5.72. The van der Waals surface area contributed by atoms with Crippen LogP contribution >= 0.6 is 0 Å². The zero-order chi connectivity index (χ0) is 18.1. The first-order valence-corrected chi connectivity index (χ1v) is 8.64. The molecule has 1 saturated heterocycles. The first-order chi connectivity index (χ1) is 12.2. The van der Waals surface area contributed by atoms with Gasteiger partial charge in [-0.25, -0.2) is 0 Å². The second kappa shape index (κ2) is 10.0. The van der Waals surface area contributed by atoms with Crippen LogP contribution in [-0.4, -0.2) is 63.2 Å². The summed E-state index contributed by atoms with van der Waals surface area (Å²) in [7, 11) is 1.61. The number of hydrogen-bond donors (Lipinski definition) is 2. The third-order valence-electron chi connectivity index (χ3n) is 4.16. The standard InChI is InChI=1S/C18H27N3O4/c1-24-10-11-25-16-6-2-4-14(12-16)18(23)21-9-3-5-15(13-21)17(22)20-8-7-19/h2,4,6,12,15H,3,5,7-11,13,19H2,1H3,(H,20,22). The number of nitrogens with zero attached hydrogens (tertiary/aromatic N) is 1.